The highest BCUT2D eigenvalue weighted by molar-refractivity contribution is 7.90. The molecular weight excluding hydrogens is 1500 g/mol. The van der Waals surface area contributed by atoms with Crippen molar-refractivity contribution in [3.8, 4) is 34.5 Å². The Morgan fingerprint density at radius 3 is 1.72 bits per heavy atom. The van der Waals surface area contributed by atoms with Crippen LogP contribution in [0.5, 0.6) is 34.5 Å². The highest BCUT2D eigenvalue weighted by Gasteiger charge is 2.67. The number of hydrogen-bond acceptors (Lipinski definition) is 22. The molecule has 4 aromatic rings. The highest BCUT2D eigenvalue weighted by atomic mass is 32.2. The zero-order valence-corrected chi connectivity index (χ0v) is 69.3. The molecule has 2 saturated heterocycles. The van der Waals surface area contributed by atoms with Gasteiger partial charge in [0.2, 0.25) is 11.8 Å². The minimum atomic E-state index is -4.01. The largest absolute Gasteiger partial charge is 0.519 e. The van der Waals surface area contributed by atoms with Crippen molar-refractivity contribution in [3.63, 3.8) is 0 Å². The van der Waals surface area contributed by atoms with Crippen LogP contribution in [0, 0.1) is 48.1 Å². The second-order valence-electron chi connectivity index (χ2n) is 32.4. The molecule has 10 atom stereocenters. The van der Waals surface area contributed by atoms with Crippen LogP contribution in [0.4, 0.5) is 15.3 Å². The number of sulfonamides is 1. The van der Waals surface area contributed by atoms with Gasteiger partial charge in [-0.1, -0.05) is 31.9 Å². The number of unbranched alkanes of at least 4 members (excludes halogenated alkanes) is 2. The van der Waals surface area contributed by atoms with Gasteiger partial charge in [0.25, 0.3) is 15.7 Å². The summed E-state index contributed by atoms with van der Waals surface area (Å²) in [6, 6.07) is 12.2. The van der Waals surface area contributed by atoms with Crippen molar-refractivity contribution in [1.29, 1.82) is 5.41 Å². The molecule has 13 rings (SSSR count). The number of nitrogens with one attached hydrogen (secondary N) is 4. The van der Waals surface area contributed by atoms with Gasteiger partial charge in [0, 0.05) is 124 Å². The number of non-ortho nitro benzene ring substituents is 1. The van der Waals surface area contributed by atoms with E-state index in [-0.39, 0.29) is 106 Å². The normalized spacial score (nSPS) is 23.2. The second kappa shape index (κ2) is 36.4. The first-order chi connectivity index (χ1) is 53.6. The third-order valence-corrected chi connectivity index (χ3v) is 26.2. The van der Waals surface area contributed by atoms with Crippen LogP contribution < -0.4 is 55.8 Å². The summed E-state index contributed by atoms with van der Waals surface area (Å²) in [6.07, 6.45) is 10.2. The first-order valence-electron chi connectivity index (χ1n) is 39.9. The molecule has 5 heterocycles. The summed E-state index contributed by atoms with van der Waals surface area (Å²) in [5.74, 6) is 2.94. The van der Waals surface area contributed by atoms with Crippen LogP contribution in [0.3, 0.4) is 0 Å². The number of benzene rings is 4. The molecule has 3 amide bonds. The van der Waals surface area contributed by atoms with E-state index in [9.17, 15) is 56.9 Å². The number of amidine groups is 2. The lowest BCUT2D eigenvalue weighted by atomic mass is 9.52. The van der Waals surface area contributed by atoms with Crippen molar-refractivity contribution >= 4 is 88.1 Å². The second-order valence-corrected chi connectivity index (χ2v) is 34.0. The number of rotatable bonds is 30. The van der Waals surface area contributed by atoms with E-state index in [0.29, 0.717) is 149 Å². The Kier molecular flexibility index (Phi) is 27.9. The van der Waals surface area contributed by atoms with E-state index < -0.39 is 57.1 Å². The zero-order valence-electron chi connectivity index (χ0n) is 67.5. The van der Waals surface area contributed by atoms with Gasteiger partial charge in [-0.3, -0.25) is 44.3 Å². The average Bonchev–Trinajstić information content (AvgIpc) is 1.49. The van der Waals surface area contributed by atoms with Gasteiger partial charge in [-0.2, -0.15) is 21.9 Å². The monoisotopic (exact) mass is 1620 g/mol. The quantitative estimate of drug-likeness (QED) is 0.00537. The smallest absolute Gasteiger partial charge is 0.487 e. The van der Waals surface area contributed by atoms with E-state index >= 15 is 0 Å². The van der Waals surface area contributed by atoms with Crippen LogP contribution in [-0.4, -0.2) is 182 Å². The molecule has 4 bridgehead atoms. The van der Waals surface area contributed by atoms with Crippen molar-refractivity contribution in [1.82, 2.24) is 30.7 Å². The van der Waals surface area contributed by atoms with Crippen molar-refractivity contribution < 1.29 is 80.1 Å². The van der Waals surface area contributed by atoms with Crippen molar-refractivity contribution in [3.05, 3.63) is 103 Å². The fourth-order valence-corrected chi connectivity index (χ4v) is 20.8. The number of fused-ring (bicyclic) bond motifs is 1. The number of hydrogen-bond donors (Lipinski definition) is 6. The number of Topliss-reactive ketones (excluding diaryl/α,β-unsaturated/α-hetero) is 4. The van der Waals surface area contributed by atoms with Crippen molar-refractivity contribution in [2.75, 3.05) is 53.4 Å². The molecule has 0 aromatic heterocycles. The average molecular weight is 1620 g/mol. The number of likely N-dealkylation sites (tertiary alicyclic amines) is 2. The fraction of sp³-hybridized carbons (Fsp3) is 0.590. The minimum absolute atomic E-state index is 0. The van der Waals surface area contributed by atoms with Gasteiger partial charge in [-0.05, 0) is 223 Å². The van der Waals surface area contributed by atoms with E-state index in [1.165, 1.54) is 43.7 Å². The number of nitro groups is 1. The lowest BCUT2D eigenvalue weighted by Crippen LogP contribution is -2.65. The number of likely N-dealkylation sites (N-methyl/N-ethyl adjacent to an activating group) is 2. The van der Waals surface area contributed by atoms with Gasteiger partial charge >= 0.3 is 12.2 Å². The van der Waals surface area contributed by atoms with Crippen molar-refractivity contribution in [2.24, 2.45) is 27.7 Å². The summed E-state index contributed by atoms with van der Waals surface area (Å²) in [6.45, 7) is 20.2. The van der Waals surface area contributed by atoms with E-state index in [1.54, 1.807) is 30.9 Å². The van der Waals surface area contributed by atoms with E-state index in [4.69, 9.17) is 45.3 Å². The van der Waals surface area contributed by atoms with Crippen LogP contribution >= 0.6 is 13.5 Å². The molecule has 0 radical (unpaired) electrons. The van der Waals surface area contributed by atoms with Crippen LogP contribution in [0.25, 0.3) is 0 Å². The summed E-state index contributed by atoms with van der Waals surface area (Å²) >= 11 is 0. The third kappa shape index (κ3) is 18.3. The maximum Gasteiger partial charge on any atom is 0.519 e. The number of piperidine rings is 2. The maximum absolute atomic E-state index is 13.3. The molecule has 620 valence electrons. The Labute approximate surface area is 674 Å². The molecule has 4 aliphatic carbocycles. The van der Waals surface area contributed by atoms with Crippen molar-refractivity contribution in [2.45, 2.75) is 255 Å². The Balaban J connectivity index is 0.000000182. The van der Waals surface area contributed by atoms with E-state index in [2.05, 4.69) is 44.2 Å². The number of amides is 3. The SMILES string of the molecule is CCN(CCCC(=O)[C@H](CCCCC(=N)N)NC(C)=O)C(=O)Oc1ccc2c3c1OC1C(=O)CCC4[C@@H](C2)N(C)CC[C@]314.CCNCCCC(=O)[C@H](CCCCC(N)=NS(=O)(=O)c1c(C)c(C)c2c(c1C)CC(C)(C)O2)NC(C)=O.CN1CC[C@]23c4c5ccc(OC(=O)Oc6ccc([N+](=O)[O-])cc6)c4O[C@H]2C(=O)CCC3[C@H]1C5.S. The molecular formula is C83H113N11O18S2. The molecule has 2 spiro atoms. The Hall–Kier alpha value is -9.04. The van der Waals surface area contributed by atoms with Gasteiger partial charge in [0.15, 0.2) is 58.3 Å². The molecule has 2 saturated carbocycles. The fourth-order valence-electron chi connectivity index (χ4n) is 19.2. The summed E-state index contributed by atoms with van der Waals surface area (Å²) < 4.78 is 66.0. The number of carbonyl (C=O) groups excluding carboxylic acids is 8. The van der Waals surface area contributed by atoms with Gasteiger partial charge in [-0.25, -0.2) is 9.59 Å². The molecule has 4 aromatic carbocycles. The first-order valence-corrected chi connectivity index (χ1v) is 41.4. The summed E-state index contributed by atoms with van der Waals surface area (Å²) in [5.41, 5.74) is 17.7. The molecule has 114 heavy (non-hydrogen) atoms. The summed E-state index contributed by atoms with van der Waals surface area (Å²) in [7, 11) is 0.311. The zero-order chi connectivity index (χ0) is 81.8. The number of nitro benzene ring substituents is 1. The van der Waals surface area contributed by atoms with E-state index in [1.807, 2.05) is 46.8 Å². The molecule has 31 heteroatoms. The van der Waals surface area contributed by atoms with Crippen LogP contribution in [0.2, 0.25) is 0 Å². The highest BCUT2D eigenvalue weighted by Crippen LogP contribution is 2.65. The number of nitrogens with two attached hydrogens (primary N) is 2. The van der Waals surface area contributed by atoms with Crippen LogP contribution in [0.15, 0.2) is 57.8 Å². The van der Waals surface area contributed by atoms with Gasteiger partial charge in [0.05, 0.1) is 27.7 Å². The predicted molar refractivity (Wildman–Crippen MR) is 432 cm³/mol. The number of ketones is 4. The Morgan fingerprint density at radius 1 is 0.702 bits per heavy atom. The Morgan fingerprint density at radius 2 is 1.22 bits per heavy atom. The molecule has 3 unspecified atom stereocenters. The molecule has 8 N–H and O–H groups in total. The number of ether oxygens (including phenoxy) is 6. The molecule has 29 nitrogen and oxygen atoms in total. The van der Waals surface area contributed by atoms with Crippen LogP contribution in [-0.2, 0) is 68.9 Å². The standard InChI is InChI=1S/C32H45N5O6.C27H44N4O5S.C24H22N2O7.H2S/c1-4-37(16-7-9-24(39)22(35-19(2)38)8-5-6-10-27(33)34)31(41)42-26-14-11-20-18-23-21-12-13-25(40)30-32(21,15-17-36(23)3)28(20)29(26)43-30;1-8-29-15-11-13-23(33)22(30-20(5)32)12-9-10-14-24(28)31-37(34,35)26-18(3)17(2)25-21(19(26)4)16-27(6,7)36-25;1-25-11-10-24-16-7-8-18(27)22(24)33-21-19(9-2-13(20(21)24)12-17(16)25)32-23(28)31-15-5-3-14(4-6-15)26(29)30;/h11,14,21-23,30H,4-10,12-13,15-18H2,1-3H3,(H3,33,34)(H,35,38);22,29H,8-16H2,1-7H3,(H2,28,31)(H,30,32);2-6,9,16-17,22H,7-8,10-12H2,1H3;1H2/t21?,22-,23+,30?,32-;22-;16?,17-,22+,24+;/m001./s1. The van der Waals surface area contributed by atoms with Gasteiger partial charge in [0.1, 0.15) is 22.9 Å². The minimum Gasteiger partial charge on any atom is -0.487 e. The molecule has 4 fully saturated rings. The van der Waals surface area contributed by atoms with Gasteiger partial charge < -0.3 is 70.5 Å². The topological polar surface area (TPSA) is 403 Å². The third-order valence-electron chi connectivity index (χ3n) is 24.6. The lowest BCUT2D eigenvalue weighted by molar-refractivity contribution is -0.384. The molecule has 9 aliphatic rings. The lowest BCUT2D eigenvalue weighted by Gasteiger charge is -2.57. The van der Waals surface area contributed by atoms with E-state index in [0.717, 1.165) is 98.3 Å². The number of nitrogens with zero attached hydrogens (tertiary/aromatic N) is 5. The van der Waals surface area contributed by atoms with Gasteiger partial charge in [-0.15, -0.1) is 4.40 Å². The predicted octanol–water partition coefficient (Wildman–Crippen LogP) is 10.0. The number of carbonyl (C=O) groups is 8. The summed E-state index contributed by atoms with van der Waals surface area (Å²) in [4.78, 5) is 117. The Bertz CT molecular complexity index is 4530. The van der Waals surface area contributed by atoms with Crippen LogP contribution in [0.1, 0.15) is 202 Å². The molecule has 5 aliphatic heterocycles. The summed E-state index contributed by atoms with van der Waals surface area (Å²) in [5, 5.41) is 26.8. The maximum atomic E-state index is 13.3. The first kappa shape index (κ1) is 87.3.